The van der Waals surface area contributed by atoms with Crippen LogP contribution in [0.2, 0.25) is 10.0 Å². The lowest BCUT2D eigenvalue weighted by Gasteiger charge is -2.05. The molecule has 3 aromatic carbocycles. The number of aromatic amines is 1. The summed E-state index contributed by atoms with van der Waals surface area (Å²) in [6, 6.07) is 22.0. The number of nitrogens with one attached hydrogen (secondary N) is 2. The fourth-order valence-electron chi connectivity index (χ4n) is 2.96. The molecular weight excluding hydrogens is 421 g/mol. The third kappa shape index (κ3) is 4.48. The Morgan fingerprint density at radius 1 is 0.967 bits per heavy atom. The van der Waals surface area contributed by atoms with Gasteiger partial charge >= 0.3 is 0 Å². The second-order valence-electron chi connectivity index (χ2n) is 6.61. The van der Waals surface area contributed by atoms with Gasteiger partial charge in [-0.1, -0.05) is 47.5 Å². The Morgan fingerprint density at radius 3 is 2.53 bits per heavy atom. The SMILES string of the molecule is CC(=NNC(=O)c1cc2cc(Oc3ccccc3)ccc2[nH]1)c1ccc(Cl)cc1Cl. The van der Waals surface area contributed by atoms with Gasteiger partial charge in [-0.15, -0.1) is 0 Å². The fourth-order valence-corrected chi connectivity index (χ4v) is 3.50. The standard InChI is InChI=1S/C23H17Cl2N3O2/c1-14(19-9-7-16(24)13-20(19)25)27-28-23(29)22-12-15-11-18(8-10-21(15)26-22)30-17-5-3-2-4-6-17/h2-13,26H,1H3,(H,28,29). The van der Waals surface area contributed by atoms with E-state index < -0.39 is 0 Å². The number of rotatable bonds is 5. The van der Waals surface area contributed by atoms with Crippen molar-refractivity contribution in [2.75, 3.05) is 0 Å². The Morgan fingerprint density at radius 2 is 1.77 bits per heavy atom. The number of carbonyl (C=O) groups excluding carboxylic acids is 1. The van der Waals surface area contributed by atoms with E-state index in [1.54, 1.807) is 31.2 Å². The van der Waals surface area contributed by atoms with Gasteiger partial charge in [-0.25, -0.2) is 5.43 Å². The number of halogens is 2. The Balaban J connectivity index is 1.50. The molecule has 0 atom stereocenters. The van der Waals surface area contributed by atoms with Crippen molar-refractivity contribution in [3.8, 4) is 11.5 Å². The van der Waals surface area contributed by atoms with Gasteiger partial charge in [0.15, 0.2) is 0 Å². The van der Waals surface area contributed by atoms with Gasteiger partial charge in [-0.05, 0) is 55.5 Å². The van der Waals surface area contributed by atoms with Crippen LogP contribution in [-0.2, 0) is 0 Å². The normalized spacial score (nSPS) is 11.5. The highest BCUT2D eigenvalue weighted by Crippen LogP contribution is 2.26. The molecule has 30 heavy (non-hydrogen) atoms. The summed E-state index contributed by atoms with van der Waals surface area (Å²) >= 11 is 12.1. The van der Waals surface area contributed by atoms with E-state index in [-0.39, 0.29) is 5.91 Å². The molecule has 4 rings (SSSR count). The van der Waals surface area contributed by atoms with Crippen LogP contribution >= 0.6 is 23.2 Å². The molecule has 2 N–H and O–H groups in total. The molecule has 1 heterocycles. The maximum Gasteiger partial charge on any atom is 0.287 e. The third-order valence-electron chi connectivity index (χ3n) is 4.46. The van der Waals surface area contributed by atoms with Crippen LogP contribution < -0.4 is 10.2 Å². The maximum absolute atomic E-state index is 12.5. The molecule has 0 aliphatic heterocycles. The number of hydrazone groups is 1. The lowest BCUT2D eigenvalue weighted by atomic mass is 10.1. The third-order valence-corrected chi connectivity index (χ3v) is 5.01. The number of H-pyrrole nitrogens is 1. The number of carbonyl (C=O) groups is 1. The van der Waals surface area contributed by atoms with E-state index in [1.807, 2.05) is 48.5 Å². The smallest absolute Gasteiger partial charge is 0.287 e. The van der Waals surface area contributed by atoms with Gasteiger partial charge in [0.1, 0.15) is 17.2 Å². The minimum absolute atomic E-state index is 0.360. The van der Waals surface area contributed by atoms with Crippen molar-refractivity contribution in [3.05, 3.63) is 94.1 Å². The van der Waals surface area contributed by atoms with E-state index in [0.717, 1.165) is 16.7 Å². The molecule has 0 fully saturated rings. The molecule has 0 radical (unpaired) electrons. The van der Waals surface area contributed by atoms with Crippen LogP contribution in [0.25, 0.3) is 10.9 Å². The van der Waals surface area contributed by atoms with E-state index in [9.17, 15) is 4.79 Å². The van der Waals surface area contributed by atoms with Crippen LogP contribution in [0.4, 0.5) is 0 Å². The molecule has 1 aromatic heterocycles. The average molecular weight is 438 g/mol. The number of hydrogen-bond acceptors (Lipinski definition) is 3. The minimum Gasteiger partial charge on any atom is -0.457 e. The highest BCUT2D eigenvalue weighted by Gasteiger charge is 2.11. The minimum atomic E-state index is -0.360. The van der Waals surface area contributed by atoms with Crippen molar-refractivity contribution in [2.24, 2.45) is 5.10 Å². The molecule has 4 aromatic rings. The van der Waals surface area contributed by atoms with Crippen molar-refractivity contribution < 1.29 is 9.53 Å². The Kier molecular flexibility index (Phi) is 5.74. The summed E-state index contributed by atoms with van der Waals surface area (Å²) in [5.74, 6) is 1.07. The van der Waals surface area contributed by atoms with Crippen molar-refractivity contribution in [3.63, 3.8) is 0 Å². The van der Waals surface area contributed by atoms with Gasteiger partial charge in [0, 0.05) is 21.5 Å². The summed E-state index contributed by atoms with van der Waals surface area (Å²) in [6.45, 7) is 1.76. The largest absolute Gasteiger partial charge is 0.457 e. The molecule has 1 amide bonds. The number of para-hydroxylation sites is 1. The average Bonchev–Trinajstić information content (AvgIpc) is 3.16. The number of aromatic nitrogens is 1. The predicted molar refractivity (Wildman–Crippen MR) is 121 cm³/mol. The van der Waals surface area contributed by atoms with E-state index in [1.165, 1.54) is 0 Å². The zero-order chi connectivity index (χ0) is 21.1. The van der Waals surface area contributed by atoms with E-state index in [4.69, 9.17) is 27.9 Å². The fraction of sp³-hybridized carbons (Fsp3) is 0.0435. The van der Waals surface area contributed by atoms with Crippen molar-refractivity contribution in [2.45, 2.75) is 6.92 Å². The van der Waals surface area contributed by atoms with Crippen LogP contribution in [0.3, 0.4) is 0 Å². The summed E-state index contributed by atoms with van der Waals surface area (Å²) in [6.07, 6.45) is 0. The van der Waals surface area contributed by atoms with Gasteiger partial charge in [-0.2, -0.15) is 5.10 Å². The summed E-state index contributed by atoms with van der Waals surface area (Å²) in [5, 5.41) is 6.01. The highest BCUT2D eigenvalue weighted by molar-refractivity contribution is 6.37. The zero-order valence-corrected chi connectivity index (χ0v) is 17.5. The first-order valence-corrected chi connectivity index (χ1v) is 9.91. The molecule has 150 valence electrons. The summed E-state index contributed by atoms with van der Waals surface area (Å²) in [5.41, 5.74) is 5.02. The Labute approximate surface area is 183 Å². The molecular formula is C23H17Cl2N3O2. The highest BCUT2D eigenvalue weighted by atomic mass is 35.5. The second-order valence-corrected chi connectivity index (χ2v) is 7.45. The van der Waals surface area contributed by atoms with Gasteiger partial charge < -0.3 is 9.72 Å². The summed E-state index contributed by atoms with van der Waals surface area (Å²) in [7, 11) is 0. The number of nitrogens with zero attached hydrogens (tertiary/aromatic N) is 1. The monoisotopic (exact) mass is 437 g/mol. The van der Waals surface area contributed by atoms with E-state index >= 15 is 0 Å². The molecule has 0 saturated carbocycles. The molecule has 5 nitrogen and oxygen atoms in total. The van der Waals surface area contributed by atoms with E-state index in [2.05, 4.69) is 15.5 Å². The number of fused-ring (bicyclic) bond motifs is 1. The zero-order valence-electron chi connectivity index (χ0n) is 15.9. The topological polar surface area (TPSA) is 66.5 Å². The molecule has 0 spiro atoms. The van der Waals surface area contributed by atoms with Crippen LogP contribution in [0, 0.1) is 0 Å². The molecule has 0 aliphatic rings. The predicted octanol–water partition coefficient (Wildman–Crippen LogP) is 6.42. The van der Waals surface area contributed by atoms with Gasteiger partial charge in [0.2, 0.25) is 0 Å². The molecule has 0 aliphatic carbocycles. The first-order valence-electron chi connectivity index (χ1n) is 9.15. The molecule has 0 unspecified atom stereocenters. The van der Waals surface area contributed by atoms with Crippen LogP contribution in [0.15, 0.2) is 77.9 Å². The lowest BCUT2D eigenvalue weighted by molar-refractivity contribution is 0.0950. The summed E-state index contributed by atoms with van der Waals surface area (Å²) < 4.78 is 5.85. The maximum atomic E-state index is 12.5. The van der Waals surface area contributed by atoms with Crippen molar-refractivity contribution >= 4 is 45.7 Å². The number of amides is 1. The molecule has 0 bridgehead atoms. The second kappa shape index (κ2) is 8.61. The van der Waals surface area contributed by atoms with Gasteiger partial charge in [-0.3, -0.25) is 4.79 Å². The lowest BCUT2D eigenvalue weighted by Crippen LogP contribution is -2.19. The number of benzene rings is 3. The molecule has 0 saturated heterocycles. The van der Waals surface area contributed by atoms with Crippen molar-refractivity contribution in [1.82, 2.24) is 10.4 Å². The quantitative estimate of drug-likeness (QED) is 0.279. The molecule has 7 heteroatoms. The number of ether oxygens (including phenoxy) is 1. The van der Waals surface area contributed by atoms with Crippen LogP contribution in [0.1, 0.15) is 23.0 Å². The van der Waals surface area contributed by atoms with Gasteiger partial charge in [0.05, 0.1) is 10.7 Å². The van der Waals surface area contributed by atoms with Crippen molar-refractivity contribution in [1.29, 1.82) is 0 Å². The van der Waals surface area contributed by atoms with Crippen LogP contribution in [-0.4, -0.2) is 16.6 Å². The summed E-state index contributed by atoms with van der Waals surface area (Å²) in [4.78, 5) is 15.6. The Hall–Kier alpha value is -3.28. The first kappa shape index (κ1) is 20.0. The first-order chi connectivity index (χ1) is 14.5. The Bertz CT molecular complexity index is 1250. The van der Waals surface area contributed by atoms with Crippen LogP contribution in [0.5, 0.6) is 11.5 Å². The van der Waals surface area contributed by atoms with Gasteiger partial charge in [0.25, 0.3) is 5.91 Å². The number of hydrogen-bond donors (Lipinski definition) is 2. The van der Waals surface area contributed by atoms with E-state index in [0.29, 0.717) is 32.8 Å².